The Kier molecular flexibility index (Phi) is 4.87. The van der Waals surface area contributed by atoms with Gasteiger partial charge in [-0.25, -0.2) is 0 Å². The maximum atomic E-state index is 11.0. The van der Waals surface area contributed by atoms with Crippen molar-refractivity contribution in [1.29, 1.82) is 0 Å². The highest BCUT2D eigenvalue weighted by Gasteiger charge is 2.15. The molecular formula is C12H13N3O4. The topological polar surface area (TPSA) is 92.9 Å². The zero-order chi connectivity index (χ0) is 14.4. The molecule has 0 amide bonds. The molecule has 0 atom stereocenters. The number of anilines is 1. The van der Waals surface area contributed by atoms with Gasteiger partial charge >= 0.3 is 0 Å². The molecule has 0 aliphatic carbocycles. The lowest BCUT2D eigenvalue weighted by molar-refractivity contribution is -0.384. The molecule has 0 aliphatic rings. The summed E-state index contributed by atoms with van der Waals surface area (Å²) in [5, 5.41) is 16.1. The molecule has 0 saturated heterocycles. The highest BCUT2D eigenvalue weighted by molar-refractivity contribution is 5.88. The van der Waals surface area contributed by atoms with E-state index in [0.29, 0.717) is 24.0 Å². The lowest BCUT2D eigenvalue weighted by atomic mass is 10.1. The summed E-state index contributed by atoms with van der Waals surface area (Å²) in [4.78, 5) is 31.7. The molecule has 0 unspecified atom stereocenters. The van der Waals surface area contributed by atoms with Crippen molar-refractivity contribution in [1.82, 2.24) is 0 Å². The first-order valence-corrected chi connectivity index (χ1v) is 5.46. The molecule has 0 spiro atoms. The van der Waals surface area contributed by atoms with E-state index in [1.807, 2.05) is 0 Å². The van der Waals surface area contributed by atoms with Crippen LogP contribution in [0.2, 0.25) is 0 Å². The SMILES string of the molecule is CC(C)=NN(CC=O)c1ccc([N+](=O)[O-])cc1C=O. The van der Waals surface area contributed by atoms with Crippen LogP contribution in [-0.2, 0) is 4.79 Å². The summed E-state index contributed by atoms with van der Waals surface area (Å²) in [5.74, 6) is 0. The lowest BCUT2D eigenvalue weighted by Gasteiger charge is -2.18. The van der Waals surface area contributed by atoms with Crippen molar-refractivity contribution in [2.75, 3.05) is 11.6 Å². The number of nitro groups is 1. The van der Waals surface area contributed by atoms with Gasteiger partial charge in [-0.15, -0.1) is 0 Å². The van der Waals surface area contributed by atoms with Crippen LogP contribution in [0.4, 0.5) is 11.4 Å². The van der Waals surface area contributed by atoms with Crippen molar-refractivity contribution in [2.45, 2.75) is 13.8 Å². The van der Waals surface area contributed by atoms with Crippen LogP contribution >= 0.6 is 0 Å². The molecule has 0 bridgehead atoms. The number of carbonyl (C=O) groups excluding carboxylic acids is 2. The second-order valence-electron chi connectivity index (χ2n) is 3.91. The van der Waals surface area contributed by atoms with E-state index in [0.717, 1.165) is 6.07 Å². The third-order valence-corrected chi connectivity index (χ3v) is 2.20. The number of hydrazone groups is 1. The fourth-order valence-corrected chi connectivity index (χ4v) is 1.49. The van der Waals surface area contributed by atoms with Crippen LogP contribution in [0.1, 0.15) is 24.2 Å². The van der Waals surface area contributed by atoms with Crippen molar-refractivity contribution in [3.8, 4) is 0 Å². The molecule has 19 heavy (non-hydrogen) atoms. The van der Waals surface area contributed by atoms with E-state index in [9.17, 15) is 19.7 Å². The van der Waals surface area contributed by atoms with E-state index in [-0.39, 0.29) is 17.8 Å². The van der Waals surface area contributed by atoms with E-state index in [2.05, 4.69) is 5.10 Å². The number of aldehydes is 2. The summed E-state index contributed by atoms with van der Waals surface area (Å²) >= 11 is 0. The Bertz CT molecular complexity index is 536. The normalized spacial score (nSPS) is 9.58. The Labute approximate surface area is 109 Å². The van der Waals surface area contributed by atoms with Gasteiger partial charge in [0.2, 0.25) is 0 Å². The molecule has 1 rings (SSSR count). The van der Waals surface area contributed by atoms with Crippen molar-refractivity contribution < 1.29 is 14.5 Å². The van der Waals surface area contributed by atoms with Gasteiger partial charge in [-0.2, -0.15) is 5.10 Å². The lowest BCUT2D eigenvalue weighted by Crippen LogP contribution is -2.21. The highest BCUT2D eigenvalue weighted by Crippen LogP contribution is 2.24. The van der Waals surface area contributed by atoms with Crippen LogP contribution in [0.15, 0.2) is 23.3 Å². The van der Waals surface area contributed by atoms with Gasteiger partial charge in [0.1, 0.15) is 6.29 Å². The quantitative estimate of drug-likeness (QED) is 0.337. The van der Waals surface area contributed by atoms with Gasteiger partial charge in [0.05, 0.1) is 17.2 Å². The highest BCUT2D eigenvalue weighted by atomic mass is 16.6. The van der Waals surface area contributed by atoms with Gasteiger partial charge in [-0.1, -0.05) is 0 Å². The van der Waals surface area contributed by atoms with Crippen molar-refractivity contribution in [2.24, 2.45) is 5.10 Å². The van der Waals surface area contributed by atoms with Gasteiger partial charge in [-0.3, -0.25) is 19.9 Å². The summed E-state index contributed by atoms with van der Waals surface area (Å²) < 4.78 is 0. The number of nitro benzene ring substituents is 1. The zero-order valence-corrected chi connectivity index (χ0v) is 10.6. The predicted octanol–water partition coefficient (Wildman–Crippen LogP) is 1.81. The molecule has 0 fully saturated rings. The summed E-state index contributed by atoms with van der Waals surface area (Å²) in [6.07, 6.45) is 1.14. The molecule has 0 radical (unpaired) electrons. The number of hydrogen-bond donors (Lipinski definition) is 0. The Morgan fingerprint density at radius 3 is 2.58 bits per heavy atom. The number of rotatable bonds is 6. The Morgan fingerprint density at radius 1 is 1.42 bits per heavy atom. The third-order valence-electron chi connectivity index (χ3n) is 2.20. The molecule has 1 aromatic rings. The molecule has 0 N–H and O–H groups in total. The fraction of sp³-hybridized carbons (Fsp3) is 0.250. The van der Waals surface area contributed by atoms with Gasteiger partial charge in [0.15, 0.2) is 6.29 Å². The molecule has 0 saturated carbocycles. The van der Waals surface area contributed by atoms with Gasteiger partial charge < -0.3 is 4.79 Å². The minimum Gasteiger partial charge on any atom is -0.301 e. The first-order valence-electron chi connectivity index (χ1n) is 5.46. The summed E-state index contributed by atoms with van der Waals surface area (Å²) in [7, 11) is 0. The number of carbonyl (C=O) groups is 2. The van der Waals surface area contributed by atoms with Crippen molar-refractivity contribution >= 4 is 29.7 Å². The molecule has 100 valence electrons. The van der Waals surface area contributed by atoms with Crippen LogP contribution in [0.25, 0.3) is 0 Å². The van der Waals surface area contributed by atoms with Crippen LogP contribution in [0.3, 0.4) is 0 Å². The number of nitrogens with zero attached hydrogens (tertiary/aromatic N) is 3. The van der Waals surface area contributed by atoms with Gasteiger partial charge in [0, 0.05) is 23.4 Å². The smallest absolute Gasteiger partial charge is 0.270 e. The van der Waals surface area contributed by atoms with Crippen LogP contribution in [0.5, 0.6) is 0 Å². The van der Waals surface area contributed by atoms with E-state index in [1.54, 1.807) is 13.8 Å². The second-order valence-corrected chi connectivity index (χ2v) is 3.91. The minimum atomic E-state index is -0.588. The average Bonchev–Trinajstić information content (AvgIpc) is 2.36. The van der Waals surface area contributed by atoms with Gasteiger partial charge in [0.25, 0.3) is 5.69 Å². The molecule has 7 nitrogen and oxygen atoms in total. The first kappa shape index (κ1) is 14.5. The molecule has 0 heterocycles. The maximum Gasteiger partial charge on any atom is 0.270 e. The average molecular weight is 263 g/mol. The van der Waals surface area contributed by atoms with E-state index in [1.165, 1.54) is 17.1 Å². The Balaban J connectivity index is 3.30. The number of benzene rings is 1. The molecule has 0 aliphatic heterocycles. The molecule has 7 heteroatoms. The molecule has 1 aromatic carbocycles. The van der Waals surface area contributed by atoms with Gasteiger partial charge in [-0.05, 0) is 19.9 Å². The van der Waals surface area contributed by atoms with Crippen LogP contribution in [-0.4, -0.2) is 29.8 Å². The van der Waals surface area contributed by atoms with E-state index in [4.69, 9.17) is 0 Å². The van der Waals surface area contributed by atoms with E-state index < -0.39 is 4.92 Å². The largest absolute Gasteiger partial charge is 0.301 e. The summed E-state index contributed by atoms with van der Waals surface area (Å²) in [6.45, 7) is 3.44. The monoisotopic (exact) mass is 263 g/mol. The van der Waals surface area contributed by atoms with Crippen molar-refractivity contribution in [3.05, 3.63) is 33.9 Å². The van der Waals surface area contributed by atoms with Crippen molar-refractivity contribution in [3.63, 3.8) is 0 Å². The van der Waals surface area contributed by atoms with E-state index >= 15 is 0 Å². The third kappa shape index (κ3) is 3.70. The number of non-ortho nitro benzene ring substituents is 1. The van der Waals surface area contributed by atoms with Crippen LogP contribution < -0.4 is 5.01 Å². The number of hydrogen-bond acceptors (Lipinski definition) is 6. The summed E-state index contributed by atoms with van der Waals surface area (Å²) in [5.41, 5.74) is 0.973. The standard InChI is InChI=1S/C12H13N3O4/c1-9(2)13-14(5-6-16)12-4-3-11(15(18)19)7-10(12)8-17/h3-4,6-8H,5H2,1-2H3. The zero-order valence-electron chi connectivity index (χ0n) is 10.6. The molecular weight excluding hydrogens is 250 g/mol. The minimum absolute atomic E-state index is 0.0379. The predicted molar refractivity (Wildman–Crippen MR) is 70.7 cm³/mol. The maximum absolute atomic E-state index is 11.0. The second kappa shape index (κ2) is 6.39. The first-order chi connectivity index (χ1) is 8.99. The van der Waals surface area contributed by atoms with Crippen LogP contribution in [0, 0.1) is 10.1 Å². The Hall–Kier alpha value is -2.57. The molecule has 0 aromatic heterocycles. The fourth-order valence-electron chi connectivity index (χ4n) is 1.49. The Morgan fingerprint density at radius 2 is 2.11 bits per heavy atom. The summed E-state index contributed by atoms with van der Waals surface area (Å²) in [6, 6.07) is 3.82.